The molecule has 0 saturated heterocycles. The molecule has 3 rings (SSSR count). The molecule has 1 N–H and O–H groups in total. The second kappa shape index (κ2) is 6.22. The van der Waals surface area contributed by atoms with Crippen molar-refractivity contribution in [2.45, 2.75) is 0 Å². The van der Waals surface area contributed by atoms with Crippen LogP contribution in [-0.2, 0) is 9.59 Å². The molecule has 116 valence electrons. The van der Waals surface area contributed by atoms with Gasteiger partial charge in [-0.05, 0) is 12.1 Å². The zero-order chi connectivity index (χ0) is 16.4. The Labute approximate surface area is 137 Å². The van der Waals surface area contributed by atoms with Gasteiger partial charge in [-0.15, -0.1) is 0 Å². The highest BCUT2D eigenvalue weighted by Gasteiger charge is 2.26. The Kier molecular flexibility index (Phi) is 4.12. The van der Waals surface area contributed by atoms with E-state index in [4.69, 9.17) is 16.7 Å². The van der Waals surface area contributed by atoms with Gasteiger partial charge in [-0.3, -0.25) is 19.5 Å². The molecule has 0 bridgehead atoms. The summed E-state index contributed by atoms with van der Waals surface area (Å²) < 4.78 is 0. The Balaban J connectivity index is 2.17. The Morgan fingerprint density at radius 2 is 1.78 bits per heavy atom. The van der Waals surface area contributed by atoms with Gasteiger partial charge < -0.3 is 5.11 Å². The van der Waals surface area contributed by atoms with E-state index in [-0.39, 0.29) is 12.5 Å². The van der Waals surface area contributed by atoms with Gasteiger partial charge in [-0.2, -0.15) is 0 Å². The highest BCUT2D eigenvalue weighted by atomic mass is 35.5. The van der Waals surface area contributed by atoms with Gasteiger partial charge in [0, 0.05) is 16.1 Å². The van der Waals surface area contributed by atoms with E-state index < -0.39 is 12.5 Å². The van der Waals surface area contributed by atoms with Crippen molar-refractivity contribution in [3.05, 3.63) is 64.7 Å². The van der Waals surface area contributed by atoms with Crippen LogP contribution in [0.3, 0.4) is 0 Å². The lowest BCUT2D eigenvalue weighted by molar-refractivity contribution is -0.136. The van der Waals surface area contributed by atoms with E-state index >= 15 is 0 Å². The number of para-hydroxylation sites is 1. The van der Waals surface area contributed by atoms with Crippen molar-refractivity contribution in [1.29, 1.82) is 0 Å². The van der Waals surface area contributed by atoms with Gasteiger partial charge in [-0.1, -0.05) is 48.0 Å². The van der Waals surface area contributed by atoms with E-state index in [9.17, 15) is 9.59 Å². The first-order valence-corrected chi connectivity index (χ1v) is 7.36. The number of carbonyl (C=O) groups is 2. The number of benzodiazepines with no additional fused rings is 1. The van der Waals surface area contributed by atoms with E-state index in [1.165, 1.54) is 4.90 Å². The van der Waals surface area contributed by atoms with Crippen LogP contribution in [0.15, 0.2) is 53.5 Å². The fraction of sp³-hybridized carbons (Fsp3) is 0.118. The molecular weight excluding hydrogens is 316 g/mol. The highest BCUT2D eigenvalue weighted by Crippen LogP contribution is 2.29. The smallest absolute Gasteiger partial charge is 0.323 e. The summed E-state index contributed by atoms with van der Waals surface area (Å²) in [6.45, 7) is -0.524. The number of benzene rings is 2. The van der Waals surface area contributed by atoms with Gasteiger partial charge in [0.25, 0.3) is 0 Å². The molecule has 0 radical (unpaired) electrons. The Hall–Kier alpha value is -2.66. The molecule has 1 aliphatic heterocycles. The second-order valence-electron chi connectivity index (χ2n) is 5.04. The van der Waals surface area contributed by atoms with Crippen LogP contribution in [0.1, 0.15) is 11.1 Å². The first-order valence-electron chi connectivity index (χ1n) is 6.99. The van der Waals surface area contributed by atoms with Gasteiger partial charge in [0.15, 0.2) is 0 Å². The number of aliphatic carboxylic acids is 1. The normalized spacial score (nSPS) is 14.0. The summed E-state index contributed by atoms with van der Waals surface area (Å²) >= 11 is 6.26. The molecule has 0 atom stereocenters. The van der Waals surface area contributed by atoms with Crippen molar-refractivity contribution in [3.63, 3.8) is 0 Å². The molecule has 5 nitrogen and oxygen atoms in total. The minimum absolute atomic E-state index is 0.123. The Morgan fingerprint density at radius 1 is 1.13 bits per heavy atom. The number of hydrogen-bond acceptors (Lipinski definition) is 3. The summed E-state index contributed by atoms with van der Waals surface area (Å²) in [6, 6.07) is 14.3. The molecule has 0 aliphatic carbocycles. The SMILES string of the molecule is O=C(O)CN1C(=O)CN=C(c2ccccc2Cl)c2ccccc21. The number of halogens is 1. The predicted molar refractivity (Wildman–Crippen MR) is 88.4 cm³/mol. The number of carboxylic acid groups (broad SMARTS) is 1. The van der Waals surface area contributed by atoms with Crippen molar-refractivity contribution in [2.24, 2.45) is 4.99 Å². The predicted octanol–water partition coefficient (Wildman–Crippen LogP) is 2.61. The molecule has 1 aliphatic rings. The van der Waals surface area contributed by atoms with E-state index in [0.29, 0.717) is 27.5 Å². The van der Waals surface area contributed by atoms with Gasteiger partial charge >= 0.3 is 5.97 Å². The molecule has 2 aromatic carbocycles. The minimum atomic E-state index is -1.07. The third-order valence-corrected chi connectivity index (χ3v) is 3.88. The lowest BCUT2D eigenvalue weighted by Gasteiger charge is -2.21. The van der Waals surface area contributed by atoms with Crippen LogP contribution in [0.2, 0.25) is 5.02 Å². The van der Waals surface area contributed by atoms with Crippen molar-refractivity contribution in [2.75, 3.05) is 18.0 Å². The summed E-state index contributed by atoms with van der Waals surface area (Å²) in [5, 5.41) is 9.60. The molecule has 0 aromatic heterocycles. The monoisotopic (exact) mass is 328 g/mol. The molecule has 0 fully saturated rings. The zero-order valence-corrected chi connectivity index (χ0v) is 12.8. The van der Waals surface area contributed by atoms with Crippen LogP contribution >= 0.6 is 11.6 Å². The van der Waals surface area contributed by atoms with Crippen LogP contribution in [-0.4, -0.2) is 35.8 Å². The number of aliphatic imine (C=N–C) groups is 1. The Morgan fingerprint density at radius 3 is 2.48 bits per heavy atom. The minimum Gasteiger partial charge on any atom is -0.480 e. The number of hydrogen-bond donors (Lipinski definition) is 1. The topological polar surface area (TPSA) is 70.0 Å². The molecule has 23 heavy (non-hydrogen) atoms. The van der Waals surface area contributed by atoms with Gasteiger partial charge in [0.1, 0.15) is 13.1 Å². The summed E-state index contributed by atoms with van der Waals surface area (Å²) in [6.07, 6.45) is 0. The number of anilines is 1. The average molecular weight is 329 g/mol. The van der Waals surface area contributed by atoms with Crippen LogP contribution in [0.4, 0.5) is 5.69 Å². The standard InChI is InChI=1S/C17H13ClN2O3/c18-13-7-3-1-5-11(13)17-12-6-2-4-8-14(12)20(10-16(22)23)15(21)9-19-17/h1-8H,9-10H2,(H,22,23). The number of carboxylic acids is 1. The third kappa shape index (κ3) is 2.96. The van der Waals surface area contributed by atoms with Crippen LogP contribution in [0.25, 0.3) is 0 Å². The fourth-order valence-electron chi connectivity index (χ4n) is 2.55. The molecule has 2 aromatic rings. The quantitative estimate of drug-likeness (QED) is 0.941. The van der Waals surface area contributed by atoms with E-state index in [1.807, 2.05) is 30.3 Å². The largest absolute Gasteiger partial charge is 0.480 e. The summed E-state index contributed by atoms with van der Waals surface area (Å²) in [4.78, 5) is 29.0. The molecule has 0 spiro atoms. The number of fused-ring (bicyclic) bond motifs is 1. The van der Waals surface area contributed by atoms with Crippen molar-refractivity contribution in [1.82, 2.24) is 0 Å². The molecule has 1 amide bonds. The van der Waals surface area contributed by atoms with Gasteiger partial charge in [0.2, 0.25) is 5.91 Å². The van der Waals surface area contributed by atoms with Gasteiger partial charge in [-0.25, -0.2) is 0 Å². The summed E-state index contributed by atoms with van der Waals surface area (Å²) in [5.41, 5.74) is 2.52. The number of rotatable bonds is 3. The first kappa shape index (κ1) is 15.2. The average Bonchev–Trinajstić information content (AvgIpc) is 2.66. The van der Waals surface area contributed by atoms with Crippen molar-refractivity contribution < 1.29 is 14.7 Å². The van der Waals surface area contributed by atoms with Crippen molar-refractivity contribution >= 4 is 34.9 Å². The second-order valence-corrected chi connectivity index (χ2v) is 5.44. The molecule has 6 heteroatoms. The maximum absolute atomic E-state index is 12.3. The summed E-state index contributed by atoms with van der Waals surface area (Å²) in [5.74, 6) is -1.43. The first-order chi connectivity index (χ1) is 11.1. The summed E-state index contributed by atoms with van der Waals surface area (Å²) in [7, 11) is 0. The maximum atomic E-state index is 12.3. The lowest BCUT2D eigenvalue weighted by atomic mass is 10.00. The number of carbonyl (C=O) groups excluding carboxylic acids is 1. The number of amides is 1. The van der Waals surface area contributed by atoms with Crippen LogP contribution < -0.4 is 4.90 Å². The molecule has 1 heterocycles. The maximum Gasteiger partial charge on any atom is 0.323 e. The van der Waals surface area contributed by atoms with E-state index in [0.717, 1.165) is 0 Å². The lowest BCUT2D eigenvalue weighted by Crippen LogP contribution is -2.37. The third-order valence-electron chi connectivity index (χ3n) is 3.55. The zero-order valence-electron chi connectivity index (χ0n) is 12.1. The fourth-order valence-corrected chi connectivity index (χ4v) is 2.78. The van der Waals surface area contributed by atoms with E-state index in [1.54, 1.807) is 18.2 Å². The molecule has 0 unspecified atom stereocenters. The Bertz CT molecular complexity index is 817. The van der Waals surface area contributed by atoms with Crippen molar-refractivity contribution in [3.8, 4) is 0 Å². The molecular formula is C17H13ClN2O3. The molecule has 0 saturated carbocycles. The van der Waals surface area contributed by atoms with E-state index in [2.05, 4.69) is 4.99 Å². The highest BCUT2D eigenvalue weighted by molar-refractivity contribution is 6.36. The van der Waals surface area contributed by atoms with Gasteiger partial charge in [0.05, 0.1) is 11.4 Å². The van der Waals surface area contributed by atoms with Crippen LogP contribution in [0, 0.1) is 0 Å². The van der Waals surface area contributed by atoms with Crippen LogP contribution in [0.5, 0.6) is 0 Å². The number of nitrogens with zero attached hydrogens (tertiary/aromatic N) is 2.